The highest BCUT2D eigenvalue weighted by atomic mass is 16.8. The van der Waals surface area contributed by atoms with Gasteiger partial charge in [0.25, 0.3) is 0 Å². The quantitative estimate of drug-likeness (QED) is 0.190. The number of aryl methyl sites for hydroxylation is 2. The number of carbonyl (C=O) groups excluding carboxylic acids is 1. The molecule has 0 N–H and O–H groups in total. The zero-order chi connectivity index (χ0) is 25.6. The first-order valence-electron chi connectivity index (χ1n) is 11.8. The van der Waals surface area contributed by atoms with Crippen molar-refractivity contribution in [2.45, 2.75) is 93.1 Å². The van der Waals surface area contributed by atoms with E-state index in [0.29, 0.717) is 35.6 Å². The first-order valence-corrected chi connectivity index (χ1v) is 11.8. The van der Waals surface area contributed by atoms with Gasteiger partial charge in [0.05, 0.1) is 5.69 Å². The summed E-state index contributed by atoms with van der Waals surface area (Å²) in [5.41, 5.74) is 4.60. The lowest BCUT2D eigenvalue weighted by Crippen LogP contribution is -2.22. The zero-order valence-electron chi connectivity index (χ0n) is 21.9. The average molecular weight is 468 g/mol. The maximum Gasteiger partial charge on any atom is 0.511 e. The topological polar surface area (TPSA) is 86.4 Å². The first kappa shape index (κ1) is 27.0. The lowest BCUT2D eigenvalue weighted by Gasteiger charge is -2.22. The van der Waals surface area contributed by atoms with Crippen LogP contribution in [-0.4, -0.2) is 28.3 Å². The van der Waals surface area contributed by atoms with E-state index in [1.54, 1.807) is 18.5 Å². The largest absolute Gasteiger partial charge is 0.511 e. The van der Waals surface area contributed by atoms with Crippen molar-refractivity contribution in [3.05, 3.63) is 52.3 Å². The molecule has 2 unspecified atom stereocenters. The van der Waals surface area contributed by atoms with Crippen molar-refractivity contribution >= 4 is 17.5 Å². The summed E-state index contributed by atoms with van der Waals surface area (Å²) in [6.45, 7) is 18.1. The molecule has 2 aromatic rings. The standard InChI is InChI=1S/C27H37N3O4/c1-10-17(3)32-26(31)34-20(6)33-25(24-18(4)19(5)29-30(24)11-2)23(16-28)21-12-14-22(15-13-21)27(7,8)9/h12-15,17,20H,10-11H2,1-9H3/b25-23-. The molecule has 0 aliphatic heterocycles. The number of allylic oxidation sites excluding steroid dienone is 1. The van der Waals surface area contributed by atoms with Crippen LogP contribution in [0, 0.1) is 25.2 Å². The lowest BCUT2D eigenvalue weighted by atomic mass is 9.86. The van der Waals surface area contributed by atoms with Crippen molar-refractivity contribution < 1.29 is 19.0 Å². The zero-order valence-corrected chi connectivity index (χ0v) is 21.9. The molecule has 0 spiro atoms. The van der Waals surface area contributed by atoms with Gasteiger partial charge in [0.15, 0.2) is 5.76 Å². The van der Waals surface area contributed by atoms with Crippen molar-refractivity contribution in [2.24, 2.45) is 0 Å². The van der Waals surface area contributed by atoms with Gasteiger partial charge in [-0.1, -0.05) is 52.0 Å². The average Bonchev–Trinajstić information content (AvgIpc) is 3.06. The first-order chi connectivity index (χ1) is 15.9. The van der Waals surface area contributed by atoms with Crippen molar-refractivity contribution in [1.82, 2.24) is 9.78 Å². The Balaban J connectivity index is 2.57. The molecule has 0 fully saturated rings. The van der Waals surface area contributed by atoms with Crippen LogP contribution in [0.1, 0.15) is 83.0 Å². The van der Waals surface area contributed by atoms with Crippen LogP contribution < -0.4 is 0 Å². The molecular weight excluding hydrogens is 430 g/mol. The van der Waals surface area contributed by atoms with E-state index < -0.39 is 12.4 Å². The Morgan fingerprint density at radius 2 is 1.71 bits per heavy atom. The van der Waals surface area contributed by atoms with E-state index in [1.165, 1.54) is 0 Å². The number of carbonyl (C=O) groups is 1. The molecule has 7 heteroatoms. The van der Waals surface area contributed by atoms with E-state index in [4.69, 9.17) is 14.2 Å². The second-order valence-electron chi connectivity index (χ2n) is 9.41. The summed E-state index contributed by atoms with van der Waals surface area (Å²) in [6.07, 6.45) is -1.39. The van der Waals surface area contributed by atoms with Gasteiger partial charge >= 0.3 is 6.16 Å². The molecule has 184 valence electrons. The van der Waals surface area contributed by atoms with Gasteiger partial charge in [0.1, 0.15) is 23.4 Å². The van der Waals surface area contributed by atoms with Gasteiger partial charge in [-0.25, -0.2) is 4.79 Å². The Bertz CT molecular complexity index is 1070. The normalized spacial score (nSPS) is 14.0. The Morgan fingerprint density at radius 1 is 1.09 bits per heavy atom. The number of nitrogens with zero attached hydrogens (tertiary/aromatic N) is 3. The molecule has 0 aliphatic carbocycles. The van der Waals surface area contributed by atoms with Crippen molar-refractivity contribution in [3.63, 3.8) is 0 Å². The van der Waals surface area contributed by atoms with Crippen LogP contribution >= 0.6 is 0 Å². The molecular formula is C27H37N3O4. The molecule has 1 heterocycles. The molecule has 7 nitrogen and oxygen atoms in total. The van der Waals surface area contributed by atoms with Gasteiger partial charge in [-0.2, -0.15) is 10.4 Å². The molecule has 2 atom stereocenters. The summed E-state index contributed by atoms with van der Waals surface area (Å²) in [5.74, 6) is 0.315. The predicted molar refractivity (Wildman–Crippen MR) is 133 cm³/mol. The summed E-state index contributed by atoms with van der Waals surface area (Å²) in [6, 6.07) is 10.2. The van der Waals surface area contributed by atoms with Crippen LogP contribution in [0.4, 0.5) is 4.79 Å². The number of rotatable bonds is 8. The van der Waals surface area contributed by atoms with E-state index >= 15 is 0 Å². The van der Waals surface area contributed by atoms with E-state index in [2.05, 4.69) is 31.9 Å². The van der Waals surface area contributed by atoms with Gasteiger partial charge in [-0.3, -0.25) is 4.68 Å². The third-order valence-electron chi connectivity index (χ3n) is 5.74. The van der Waals surface area contributed by atoms with Crippen molar-refractivity contribution in [2.75, 3.05) is 0 Å². The van der Waals surface area contributed by atoms with Gasteiger partial charge in [0.2, 0.25) is 6.29 Å². The molecule has 0 radical (unpaired) electrons. The molecule has 0 aliphatic rings. The predicted octanol–water partition coefficient (Wildman–Crippen LogP) is 6.52. The number of benzene rings is 1. The van der Waals surface area contributed by atoms with Gasteiger partial charge in [-0.15, -0.1) is 0 Å². The fourth-order valence-corrected chi connectivity index (χ4v) is 3.40. The van der Waals surface area contributed by atoms with Crippen LogP contribution in [0.3, 0.4) is 0 Å². The highest BCUT2D eigenvalue weighted by Crippen LogP contribution is 2.33. The van der Waals surface area contributed by atoms with Crippen LogP contribution in [0.25, 0.3) is 11.3 Å². The van der Waals surface area contributed by atoms with E-state index in [-0.39, 0.29) is 11.5 Å². The second-order valence-corrected chi connectivity index (χ2v) is 9.41. The summed E-state index contributed by atoms with van der Waals surface area (Å²) in [7, 11) is 0. The highest BCUT2D eigenvalue weighted by Gasteiger charge is 2.25. The molecule has 0 amide bonds. The Morgan fingerprint density at radius 3 is 2.21 bits per heavy atom. The van der Waals surface area contributed by atoms with Crippen LogP contribution in [0.5, 0.6) is 0 Å². The number of ether oxygens (including phenoxy) is 3. The van der Waals surface area contributed by atoms with E-state index in [0.717, 1.165) is 16.8 Å². The number of nitriles is 1. The Hall–Kier alpha value is -3.27. The molecule has 0 bridgehead atoms. The van der Waals surface area contributed by atoms with Gasteiger partial charge in [0, 0.05) is 19.0 Å². The molecule has 1 aromatic heterocycles. The van der Waals surface area contributed by atoms with Crippen molar-refractivity contribution in [1.29, 1.82) is 5.26 Å². The van der Waals surface area contributed by atoms with Gasteiger partial charge < -0.3 is 14.2 Å². The Kier molecular flexibility index (Phi) is 8.92. The fourth-order valence-electron chi connectivity index (χ4n) is 3.40. The van der Waals surface area contributed by atoms with E-state index in [9.17, 15) is 10.1 Å². The van der Waals surface area contributed by atoms with Crippen LogP contribution in [0.2, 0.25) is 0 Å². The van der Waals surface area contributed by atoms with E-state index in [1.807, 2.05) is 52.0 Å². The maximum atomic E-state index is 12.2. The summed E-state index contributed by atoms with van der Waals surface area (Å²) >= 11 is 0. The number of hydrogen-bond acceptors (Lipinski definition) is 6. The molecule has 2 rings (SSSR count). The van der Waals surface area contributed by atoms with Crippen LogP contribution in [0.15, 0.2) is 24.3 Å². The van der Waals surface area contributed by atoms with Crippen LogP contribution in [-0.2, 0) is 26.2 Å². The number of hydrogen-bond donors (Lipinski definition) is 0. The summed E-state index contributed by atoms with van der Waals surface area (Å²) in [4.78, 5) is 12.2. The lowest BCUT2D eigenvalue weighted by molar-refractivity contribution is -0.0754. The Labute approximate surface area is 203 Å². The molecule has 34 heavy (non-hydrogen) atoms. The minimum absolute atomic E-state index is 0.0126. The highest BCUT2D eigenvalue weighted by molar-refractivity contribution is 5.94. The third kappa shape index (κ3) is 6.40. The SMILES string of the molecule is CCC(C)OC(=O)OC(C)O/C(=C(/C#N)c1ccc(C(C)(C)C)cc1)c1c(C)c(C)nn1CC. The summed E-state index contributed by atoms with van der Waals surface area (Å²) in [5, 5.41) is 14.8. The maximum absolute atomic E-state index is 12.2. The smallest absolute Gasteiger partial charge is 0.451 e. The van der Waals surface area contributed by atoms with Crippen molar-refractivity contribution in [3.8, 4) is 6.07 Å². The van der Waals surface area contributed by atoms with Gasteiger partial charge in [-0.05, 0) is 50.7 Å². The second kappa shape index (κ2) is 11.2. The number of aromatic nitrogens is 2. The molecule has 0 saturated heterocycles. The fraction of sp³-hybridized carbons (Fsp3) is 0.519. The summed E-state index contributed by atoms with van der Waals surface area (Å²) < 4.78 is 18.5. The molecule has 1 aromatic carbocycles. The minimum atomic E-state index is -0.983. The monoisotopic (exact) mass is 467 g/mol. The molecule has 0 saturated carbocycles. The minimum Gasteiger partial charge on any atom is -0.451 e. The third-order valence-corrected chi connectivity index (χ3v) is 5.74.